The third kappa shape index (κ3) is 5.28. The van der Waals surface area contributed by atoms with Crippen molar-refractivity contribution in [1.82, 2.24) is 9.97 Å². The van der Waals surface area contributed by atoms with Gasteiger partial charge in [-0.25, -0.2) is 13.4 Å². The Hall–Kier alpha value is -3.24. The number of ether oxygens (including phenoxy) is 3. The highest BCUT2D eigenvalue weighted by Crippen LogP contribution is 2.40. The molecule has 2 aromatic carbocycles. The van der Waals surface area contributed by atoms with Crippen LogP contribution >= 0.6 is 11.6 Å². The topological polar surface area (TPSA) is 112 Å². The molecule has 0 aliphatic heterocycles. The minimum absolute atomic E-state index is 0.200. The third-order valence-corrected chi connectivity index (χ3v) is 7.64. The Balaban J connectivity index is 1.91. The zero-order chi connectivity index (χ0) is 25.1. The Kier molecular flexibility index (Phi) is 7.42. The monoisotopic (exact) mass is 506 g/mol. The summed E-state index contributed by atoms with van der Waals surface area (Å²) in [6.45, 7) is 4.97. The number of anilines is 4. The second-order valence-electron chi connectivity index (χ2n) is 8.20. The molecule has 0 saturated heterocycles. The van der Waals surface area contributed by atoms with Gasteiger partial charge in [-0.1, -0.05) is 17.7 Å². The molecule has 0 amide bonds. The second kappa shape index (κ2) is 9.94. The van der Waals surface area contributed by atoms with E-state index in [1.165, 1.54) is 27.5 Å². The zero-order valence-electron chi connectivity index (χ0n) is 19.8. The zero-order valence-corrected chi connectivity index (χ0v) is 21.3. The summed E-state index contributed by atoms with van der Waals surface area (Å²) in [7, 11) is 1.05. The summed E-state index contributed by atoms with van der Waals surface area (Å²) in [5, 5.41) is 6.41. The SMILES string of the molecule is COc1cc(Nc2ncc(Cl)c(Nc3cccc(S(=O)(=O)C(C)(C)C)c3)n2)cc(OC)c1OC. The van der Waals surface area contributed by atoms with Crippen molar-refractivity contribution in [3.63, 3.8) is 0 Å². The number of hydrogen-bond acceptors (Lipinski definition) is 9. The molecule has 0 unspecified atom stereocenters. The summed E-state index contributed by atoms with van der Waals surface area (Å²) >= 11 is 6.30. The molecule has 0 fully saturated rings. The number of methoxy groups -OCH3 is 3. The molecule has 3 rings (SSSR count). The van der Waals surface area contributed by atoms with Gasteiger partial charge >= 0.3 is 0 Å². The predicted octanol–water partition coefficient (Wildman–Crippen LogP) is 5.22. The third-order valence-electron chi connectivity index (χ3n) is 4.88. The second-order valence-corrected chi connectivity index (χ2v) is 11.3. The maximum atomic E-state index is 12.8. The van der Waals surface area contributed by atoms with Crippen molar-refractivity contribution in [3.05, 3.63) is 47.6 Å². The van der Waals surface area contributed by atoms with Crippen LogP contribution in [0.5, 0.6) is 17.2 Å². The fourth-order valence-electron chi connectivity index (χ4n) is 3.03. The van der Waals surface area contributed by atoms with Crippen molar-refractivity contribution in [3.8, 4) is 17.2 Å². The van der Waals surface area contributed by atoms with E-state index in [2.05, 4.69) is 20.6 Å². The van der Waals surface area contributed by atoms with E-state index >= 15 is 0 Å². The largest absolute Gasteiger partial charge is 0.493 e. The molecule has 0 spiro atoms. The van der Waals surface area contributed by atoms with Gasteiger partial charge < -0.3 is 24.8 Å². The minimum Gasteiger partial charge on any atom is -0.493 e. The fraction of sp³-hybridized carbons (Fsp3) is 0.304. The molecule has 2 N–H and O–H groups in total. The summed E-state index contributed by atoms with van der Waals surface area (Å²) in [6.07, 6.45) is 1.44. The van der Waals surface area contributed by atoms with Crippen LogP contribution in [0.4, 0.5) is 23.1 Å². The maximum Gasteiger partial charge on any atom is 0.229 e. The van der Waals surface area contributed by atoms with E-state index in [1.807, 2.05) is 0 Å². The lowest BCUT2D eigenvalue weighted by Gasteiger charge is -2.20. The lowest BCUT2D eigenvalue weighted by molar-refractivity contribution is 0.324. The molecule has 182 valence electrons. The fourth-order valence-corrected chi connectivity index (χ4v) is 4.41. The number of nitrogens with zero attached hydrogens (tertiary/aromatic N) is 2. The van der Waals surface area contributed by atoms with Crippen LogP contribution < -0.4 is 24.8 Å². The lowest BCUT2D eigenvalue weighted by atomic mass is 10.2. The molecular formula is C23H27ClN4O5S. The predicted molar refractivity (Wildman–Crippen MR) is 133 cm³/mol. The van der Waals surface area contributed by atoms with Crippen molar-refractivity contribution in [2.24, 2.45) is 0 Å². The van der Waals surface area contributed by atoms with Crippen LogP contribution in [-0.2, 0) is 9.84 Å². The highest BCUT2D eigenvalue weighted by atomic mass is 35.5. The quantitative estimate of drug-likeness (QED) is 0.424. The van der Waals surface area contributed by atoms with E-state index in [1.54, 1.807) is 57.2 Å². The molecule has 0 bridgehead atoms. The number of nitrogens with one attached hydrogen (secondary N) is 2. The van der Waals surface area contributed by atoms with Gasteiger partial charge in [0.25, 0.3) is 0 Å². The molecule has 11 heteroatoms. The highest BCUT2D eigenvalue weighted by Gasteiger charge is 2.31. The number of hydrogen-bond donors (Lipinski definition) is 2. The molecule has 3 aromatic rings. The first-order valence-corrected chi connectivity index (χ1v) is 12.1. The molecule has 9 nitrogen and oxygen atoms in total. The molecule has 0 saturated carbocycles. The van der Waals surface area contributed by atoms with E-state index in [9.17, 15) is 8.42 Å². The Morgan fingerprint density at radius 3 is 2.12 bits per heavy atom. The van der Waals surface area contributed by atoms with E-state index in [4.69, 9.17) is 25.8 Å². The Bertz CT molecular complexity index is 1270. The molecule has 1 aromatic heterocycles. The van der Waals surface area contributed by atoms with Gasteiger partial charge in [0.05, 0.1) is 37.2 Å². The summed E-state index contributed by atoms with van der Waals surface area (Å²) < 4.78 is 40.8. The van der Waals surface area contributed by atoms with Gasteiger partial charge in [-0.15, -0.1) is 0 Å². The molecular weight excluding hydrogens is 480 g/mol. The first-order valence-electron chi connectivity index (χ1n) is 10.2. The van der Waals surface area contributed by atoms with Gasteiger partial charge in [0, 0.05) is 23.5 Å². The average Bonchev–Trinajstić information content (AvgIpc) is 2.80. The van der Waals surface area contributed by atoms with Crippen molar-refractivity contribution in [1.29, 1.82) is 0 Å². The first kappa shape index (κ1) is 25.4. The van der Waals surface area contributed by atoms with Crippen molar-refractivity contribution < 1.29 is 22.6 Å². The van der Waals surface area contributed by atoms with Crippen LogP contribution in [0.2, 0.25) is 5.02 Å². The van der Waals surface area contributed by atoms with Gasteiger partial charge in [0.1, 0.15) is 5.02 Å². The summed E-state index contributed by atoms with van der Waals surface area (Å²) in [5.41, 5.74) is 1.12. The van der Waals surface area contributed by atoms with Crippen molar-refractivity contribution in [2.75, 3.05) is 32.0 Å². The van der Waals surface area contributed by atoms with Gasteiger partial charge in [-0.2, -0.15) is 4.98 Å². The molecule has 0 aliphatic carbocycles. The van der Waals surface area contributed by atoms with Gasteiger partial charge in [-0.05, 0) is 39.0 Å². The van der Waals surface area contributed by atoms with Crippen LogP contribution in [0, 0.1) is 0 Å². The van der Waals surface area contributed by atoms with Crippen LogP contribution in [-0.4, -0.2) is 44.5 Å². The average molecular weight is 507 g/mol. The van der Waals surface area contributed by atoms with Gasteiger partial charge in [0.2, 0.25) is 11.7 Å². The molecule has 0 radical (unpaired) electrons. The van der Waals surface area contributed by atoms with Crippen molar-refractivity contribution in [2.45, 2.75) is 30.4 Å². The molecule has 1 heterocycles. The summed E-state index contributed by atoms with van der Waals surface area (Å²) in [6, 6.07) is 9.92. The Morgan fingerprint density at radius 1 is 0.912 bits per heavy atom. The van der Waals surface area contributed by atoms with Crippen LogP contribution in [0.3, 0.4) is 0 Å². The van der Waals surface area contributed by atoms with E-state index < -0.39 is 14.6 Å². The normalized spacial score (nSPS) is 11.6. The van der Waals surface area contributed by atoms with Crippen LogP contribution in [0.15, 0.2) is 47.5 Å². The van der Waals surface area contributed by atoms with Gasteiger partial charge in [-0.3, -0.25) is 0 Å². The van der Waals surface area contributed by atoms with Crippen LogP contribution in [0.25, 0.3) is 0 Å². The Morgan fingerprint density at radius 2 is 1.56 bits per heavy atom. The number of sulfone groups is 1. The minimum atomic E-state index is -3.52. The molecule has 0 aliphatic rings. The molecule has 0 atom stereocenters. The van der Waals surface area contributed by atoms with E-state index in [0.717, 1.165) is 0 Å². The number of halogens is 1. The first-order chi connectivity index (χ1) is 16.0. The van der Waals surface area contributed by atoms with Gasteiger partial charge in [0.15, 0.2) is 27.2 Å². The lowest BCUT2D eigenvalue weighted by Crippen LogP contribution is -2.27. The molecule has 34 heavy (non-hydrogen) atoms. The summed E-state index contributed by atoms with van der Waals surface area (Å²) in [5.74, 6) is 1.94. The Labute approximate surface area is 204 Å². The van der Waals surface area contributed by atoms with Crippen LogP contribution in [0.1, 0.15) is 20.8 Å². The smallest absolute Gasteiger partial charge is 0.229 e. The van der Waals surface area contributed by atoms with E-state index in [0.29, 0.717) is 34.4 Å². The maximum absolute atomic E-state index is 12.8. The van der Waals surface area contributed by atoms with E-state index in [-0.39, 0.29) is 15.9 Å². The number of benzene rings is 2. The number of aromatic nitrogens is 2. The van der Waals surface area contributed by atoms with Crippen molar-refractivity contribution >= 4 is 44.6 Å². The summed E-state index contributed by atoms with van der Waals surface area (Å²) in [4.78, 5) is 8.84. The standard InChI is InChI=1S/C23H27ClN4O5S/c1-23(2,3)34(29,30)16-9-7-8-14(10-16)26-21-17(24)13-25-22(28-21)27-15-11-18(31-4)20(33-6)19(12-15)32-5/h7-13H,1-6H3,(H2,25,26,27,28). The highest BCUT2D eigenvalue weighted by molar-refractivity contribution is 7.92. The number of rotatable bonds is 8.